The molecule has 98 valence electrons. The number of benzene rings is 1. The smallest absolute Gasteiger partial charge is 0.255 e. The lowest BCUT2D eigenvalue weighted by Crippen LogP contribution is -2.24. The van der Waals surface area contributed by atoms with Crippen molar-refractivity contribution in [2.24, 2.45) is 0 Å². The third kappa shape index (κ3) is 2.34. The molecule has 2 aromatic rings. The van der Waals surface area contributed by atoms with E-state index in [1.54, 1.807) is 18.2 Å². The second-order valence-corrected chi connectivity index (χ2v) is 5.10. The molecule has 0 radical (unpaired) electrons. The SMILES string of the molecule is O=C1NCCOc2ccc(C(O)c3ccsc3)cc21. The van der Waals surface area contributed by atoms with Crippen LogP contribution in [0.25, 0.3) is 0 Å². The first-order valence-electron chi connectivity index (χ1n) is 6.01. The zero-order valence-corrected chi connectivity index (χ0v) is 10.9. The Balaban J connectivity index is 1.98. The normalized spacial score (nSPS) is 15.9. The van der Waals surface area contributed by atoms with E-state index in [0.717, 1.165) is 5.56 Å². The molecule has 1 aliphatic rings. The molecule has 5 heteroatoms. The highest BCUT2D eigenvalue weighted by molar-refractivity contribution is 7.07. The maximum atomic E-state index is 11.9. The highest BCUT2D eigenvalue weighted by atomic mass is 32.1. The molecule has 0 spiro atoms. The molecule has 1 aromatic heterocycles. The van der Waals surface area contributed by atoms with Crippen molar-refractivity contribution in [1.82, 2.24) is 5.32 Å². The fourth-order valence-corrected chi connectivity index (χ4v) is 2.74. The van der Waals surface area contributed by atoms with Gasteiger partial charge in [-0.25, -0.2) is 0 Å². The van der Waals surface area contributed by atoms with Gasteiger partial charge < -0.3 is 15.2 Å². The van der Waals surface area contributed by atoms with Crippen LogP contribution in [0.4, 0.5) is 0 Å². The summed E-state index contributed by atoms with van der Waals surface area (Å²) < 4.78 is 5.48. The molecule has 1 unspecified atom stereocenters. The predicted octanol–water partition coefficient (Wildman–Crippen LogP) is 1.95. The summed E-state index contributed by atoms with van der Waals surface area (Å²) in [5.41, 5.74) is 2.00. The van der Waals surface area contributed by atoms with Crippen LogP contribution in [0.15, 0.2) is 35.0 Å². The third-order valence-electron chi connectivity index (χ3n) is 3.07. The number of carbonyl (C=O) groups is 1. The van der Waals surface area contributed by atoms with E-state index in [9.17, 15) is 9.90 Å². The van der Waals surface area contributed by atoms with Gasteiger partial charge in [0.25, 0.3) is 5.91 Å². The molecule has 0 aliphatic carbocycles. The summed E-state index contributed by atoms with van der Waals surface area (Å²) in [5.74, 6) is 0.406. The number of amides is 1. The van der Waals surface area contributed by atoms with Gasteiger partial charge in [0.15, 0.2) is 0 Å². The van der Waals surface area contributed by atoms with Crippen LogP contribution in [0.3, 0.4) is 0 Å². The molecule has 3 rings (SSSR count). The molecular formula is C14H13NO3S. The average Bonchev–Trinajstić information content (AvgIpc) is 2.90. The number of rotatable bonds is 2. The zero-order valence-electron chi connectivity index (χ0n) is 10.1. The Morgan fingerprint density at radius 1 is 1.32 bits per heavy atom. The molecule has 2 heterocycles. The number of nitrogens with one attached hydrogen (secondary N) is 1. The van der Waals surface area contributed by atoms with Crippen LogP contribution in [-0.2, 0) is 0 Å². The van der Waals surface area contributed by atoms with Crippen molar-refractivity contribution in [2.45, 2.75) is 6.10 Å². The maximum absolute atomic E-state index is 11.9. The topological polar surface area (TPSA) is 58.6 Å². The molecule has 19 heavy (non-hydrogen) atoms. The monoisotopic (exact) mass is 275 g/mol. The van der Waals surface area contributed by atoms with E-state index in [1.165, 1.54) is 11.3 Å². The third-order valence-corrected chi connectivity index (χ3v) is 3.77. The van der Waals surface area contributed by atoms with Crippen molar-refractivity contribution in [3.8, 4) is 5.75 Å². The summed E-state index contributed by atoms with van der Waals surface area (Å²) in [4.78, 5) is 11.9. The molecule has 1 atom stereocenters. The van der Waals surface area contributed by atoms with Crippen molar-refractivity contribution in [2.75, 3.05) is 13.2 Å². The summed E-state index contributed by atoms with van der Waals surface area (Å²) >= 11 is 1.53. The van der Waals surface area contributed by atoms with Gasteiger partial charge in [0.1, 0.15) is 18.5 Å². The zero-order chi connectivity index (χ0) is 13.2. The van der Waals surface area contributed by atoms with Gasteiger partial charge in [0.05, 0.1) is 12.1 Å². The van der Waals surface area contributed by atoms with E-state index >= 15 is 0 Å². The van der Waals surface area contributed by atoms with Crippen molar-refractivity contribution in [1.29, 1.82) is 0 Å². The number of fused-ring (bicyclic) bond motifs is 1. The van der Waals surface area contributed by atoms with Gasteiger partial charge in [-0.2, -0.15) is 11.3 Å². The van der Waals surface area contributed by atoms with Gasteiger partial charge in [0.2, 0.25) is 0 Å². The van der Waals surface area contributed by atoms with Crippen molar-refractivity contribution >= 4 is 17.2 Å². The lowest BCUT2D eigenvalue weighted by Gasteiger charge is -2.12. The lowest BCUT2D eigenvalue weighted by atomic mass is 10.0. The van der Waals surface area contributed by atoms with Gasteiger partial charge in [-0.15, -0.1) is 0 Å². The van der Waals surface area contributed by atoms with E-state index < -0.39 is 6.10 Å². The molecule has 0 fully saturated rings. The number of aliphatic hydroxyl groups is 1. The van der Waals surface area contributed by atoms with Gasteiger partial charge in [0, 0.05) is 0 Å². The number of ether oxygens (including phenoxy) is 1. The molecule has 0 saturated heterocycles. The largest absolute Gasteiger partial charge is 0.491 e. The fraction of sp³-hybridized carbons (Fsp3) is 0.214. The number of hydrogen-bond acceptors (Lipinski definition) is 4. The Morgan fingerprint density at radius 2 is 2.21 bits per heavy atom. The van der Waals surface area contributed by atoms with Crippen LogP contribution in [-0.4, -0.2) is 24.2 Å². The first-order valence-corrected chi connectivity index (χ1v) is 6.95. The molecule has 1 amide bonds. The number of hydrogen-bond donors (Lipinski definition) is 2. The van der Waals surface area contributed by atoms with Gasteiger partial charge in [-0.1, -0.05) is 6.07 Å². The maximum Gasteiger partial charge on any atom is 0.255 e. The van der Waals surface area contributed by atoms with Crippen molar-refractivity contribution in [3.63, 3.8) is 0 Å². The first kappa shape index (κ1) is 12.2. The van der Waals surface area contributed by atoms with E-state index in [1.807, 2.05) is 16.8 Å². The standard InChI is InChI=1S/C14H13NO3S/c16-13(10-3-6-19-8-10)9-1-2-12-11(7-9)14(17)15-4-5-18-12/h1-3,6-8,13,16H,4-5H2,(H,15,17). The minimum absolute atomic E-state index is 0.160. The second-order valence-electron chi connectivity index (χ2n) is 4.32. The van der Waals surface area contributed by atoms with E-state index in [0.29, 0.717) is 30.0 Å². The Bertz CT molecular complexity index is 595. The predicted molar refractivity (Wildman–Crippen MR) is 72.7 cm³/mol. The van der Waals surface area contributed by atoms with E-state index in [2.05, 4.69) is 5.32 Å². The highest BCUT2D eigenvalue weighted by Crippen LogP contribution is 2.28. The van der Waals surface area contributed by atoms with Crippen LogP contribution in [0, 0.1) is 0 Å². The Morgan fingerprint density at radius 3 is 3.00 bits per heavy atom. The summed E-state index contributed by atoms with van der Waals surface area (Å²) in [6.45, 7) is 0.959. The Labute approximate surface area is 114 Å². The van der Waals surface area contributed by atoms with Crippen LogP contribution in [0.2, 0.25) is 0 Å². The van der Waals surface area contributed by atoms with Gasteiger partial charge >= 0.3 is 0 Å². The van der Waals surface area contributed by atoms with E-state index in [4.69, 9.17) is 4.74 Å². The lowest BCUT2D eigenvalue weighted by molar-refractivity contribution is 0.0957. The minimum atomic E-state index is -0.715. The second kappa shape index (κ2) is 5.03. The minimum Gasteiger partial charge on any atom is -0.491 e. The summed E-state index contributed by atoms with van der Waals surface area (Å²) in [6.07, 6.45) is -0.715. The average molecular weight is 275 g/mol. The molecular weight excluding hydrogens is 262 g/mol. The van der Waals surface area contributed by atoms with E-state index in [-0.39, 0.29) is 5.91 Å². The number of thiophene rings is 1. The van der Waals surface area contributed by atoms with Crippen molar-refractivity contribution < 1.29 is 14.6 Å². The highest BCUT2D eigenvalue weighted by Gasteiger charge is 2.19. The van der Waals surface area contributed by atoms with Gasteiger partial charge in [-0.05, 0) is 40.1 Å². The van der Waals surface area contributed by atoms with Gasteiger partial charge in [-0.3, -0.25) is 4.79 Å². The Kier molecular flexibility index (Phi) is 3.23. The summed E-state index contributed by atoms with van der Waals surface area (Å²) in [7, 11) is 0. The van der Waals surface area contributed by atoms with Crippen LogP contribution < -0.4 is 10.1 Å². The molecule has 1 aliphatic heterocycles. The quantitative estimate of drug-likeness (QED) is 0.880. The number of aliphatic hydroxyl groups excluding tert-OH is 1. The molecule has 4 nitrogen and oxygen atoms in total. The molecule has 0 bridgehead atoms. The summed E-state index contributed by atoms with van der Waals surface area (Å²) in [5, 5.41) is 16.8. The first-order chi connectivity index (χ1) is 9.25. The van der Waals surface area contributed by atoms with Crippen LogP contribution >= 0.6 is 11.3 Å². The molecule has 2 N–H and O–H groups in total. The number of carbonyl (C=O) groups excluding carboxylic acids is 1. The van der Waals surface area contributed by atoms with Crippen LogP contribution in [0.5, 0.6) is 5.75 Å². The van der Waals surface area contributed by atoms with Crippen LogP contribution in [0.1, 0.15) is 27.6 Å². The Hall–Kier alpha value is -1.85. The fourth-order valence-electron chi connectivity index (χ4n) is 2.06. The molecule has 1 aromatic carbocycles. The van der Waals surface area contributed by atoms with Crippen molar-refractivity contribution in [3.05, 3.63) is 51.7 Å². The molecule has 0 saturated carbocycles. The summed E-state index contributed by atoms with van der Waals surface area (Å²) in [6, 6.07) is 7.10.